The van der Waals surface area contributed by atoms with Crippen LogP contribution in [0.15, 0.2) is 0 Å². The maximum Gasteiger partial charge on any atom is 0.415 e. The Kier molecular flexibility index (Phi) is 6.94. The summed E-state index contributed by atoms with van der Waals surface area (Å²) in [6.45, 7) is 1.32. The number of ether oxygens (including phenoxy) is 2. The maximum absolute atomic E-state index is 12.7. The average molecular weight is 300 g/mol. The van der Waals surface area contributed by atoms with Crippen LogP contribution in [0.2, 0.25) is 0 Å². The quantitative estimate of drug-likeness (QED) is 0.684. The number of amides is 1. The molecule has 2 N–H and O–H groups in total. The van der Waals surface area contributed by atoms with Crippen LogP contribution in [0.25, 0.3) is 0 Å². The van der Waals surface area contributed by atoms with Gasteiger partial charge in [-0.25, -0.2) is 0 Å². The maximum atomic E-state index is 12.7. The molecule has 0 heterocycles. The fraction of sp³-hybridized carbons (Fsp3) is 0.818. The number of hydrogen-bond acceptors (Lipinski definition) is 5. The van der Waals surface area contributed by atoms with E-state index in [1.165, 1.54) is 7.11 Å². The molecule has 0 bridgehead atoms. The third-order valence-corrected chi connectivity index (χ3v) is 2.51. The second kappa shape index (κ2) is 7.44. The van der Waals surface area contributed by atoms with Crippen LogP contribution in [-0.4, -0.2) is 61.9 Å². The summed E-state index contributed by atoms with van der Waals surface area (Å²) in [7, 11) is 1.32. The van der Waals surface area contributed by atoms with Gasteiger partial charge in [0, 0.05) is 13.7 Å². The Bertz CT molecular complexity index is 345. The normalized spacial score (nSPS) is 14.6. The van der Waals surface area contributed by atoms with Gasteiger partial charge in [-0.3, -0.25) is 9.59 Å². The lowest BCUT2D eigenvalue weighted by Crippen LogP contribution is -2.63. The summed E-state index contributed by atoms with van der Waals surface area (Å²) in [6, 6.07) is 0. The molecule has 0 saturated heterocycles. The number of carbonyl (C=O) groups excluding carboxylic acids is 2. The summed E-state index contributed by atoms with van der Waals surface area (Å²) in [4.78, 5) is 23.9. The summed E-state index contributed by atoms with van der Waals surface area (Å²) < 4.78 is 47.5. The Hall–Kier alpha value is -1.35. The minimum atomic E-state index is -4.93. The van der Waals surface area contributed by atoms with Crippen molar-refractivity contribution in [2.45, 2.75) is 25.6 Å². The smallest absolute Gasteiger partial charge is 0.415 e. The third-order valence-electron chi connectivity index (χ3n) is 2.51. The molecule has 20 heavy (non-hydrogen) atoms. The van der Waals surface area contributed by atoms with E-state index >= 15 is 0 Å². The van der Waals surface area contributed by atoms with Crippen LogP contribution in [0.3, 0.4) is 0 Å². The molecule has 0 aliphatic carbocycles. The summed E-state index contributed by atoms with van der Waals surface area (Å²) in [5, 5.41) is 0. The highest BCUT2D eigenvalue weighted by molar-refractivity contribution is 5.89. The predicted molar refractivity (Wildman–Crippen MR) is 63.7 cm³/mol. The van der Waals surface area contributed by atoms with Crippen molar-refractivity contribution in [3.05, 3.63) is 0 Å². The standard InChI is InChI=1S/C11H19F3N2O4/c1-4-20-8(17)7-16(5-6-19-3)9(18)10(2,15)11(12,13)14/h4-7,15H2,1-3H3. The molecule has 0 spiro atoms. The van der Waals surface area contributed by atoms with Gasteiger partial charge in [0.25, 0.3) is 5.91 Å². The number of methoxy groups -OCH3 is 1. The average Bonchev–Trinajstić information content (AvgIpc) is 2.32. The van der Waals surface area contributed by atoms with Crippen LogP contribution in [0, 0.1) is 0 Å². The van der Waals surface area contributed by atoms with Gasteiger partial charge in [-0.15, -0.1) is 0 Å². The summed E-state index contributed by atoms with van der Waals surface area (Å²) in [5.74, 6) is -2.22. The van der Waals surface area contributed by atoms with Crippen molar-refractivity contribution >= 4 is 11.9 Å². The molecular weight excluding hydrogens is 281 g/mol. The Morgan fingerprint density at radius 1 is 1.30 bits per heavy atom. The van der Waals surface area contributed by atoms with E-state index in [-0.39, 0.29) is 19.8 Å². The van der Waals surface area contributed by atoms with Gasteiger partial charge in [-0.2, -0.15) is 13.2 Å². The summed E-state index contributed by atoms with van der Waals surface area (Å²) in [5.41, 5.74) is 1.97. The van der Waals surface area contributed by atoms with E-state index in [9.17, 15) is 22.8 Å². The molecule has 0 fully saturated rings. The highest BCUT2D eigenvalue weighted by Gasteiger charge is 2.55. The van der Waals surface area contributed by atoms with Gasteiger partial charge in [-0.1, -0.05) is 0 Å². The molecule has 0 rings (SSSR count). The zero-order valence-electron chi connectivity index (χ0n) is 11.6. The van der Waals surface area contributed by atoms with Crippen molar-refractivity contribution in [2.75, 3.05) is 33.4 Å². The number of hydrogen-bond donors (Lipinski definition) is 1. The molecule has 1 unspecified atom stereocenters. The van der Waals surface area contributed by atoms with Gasteiger partial charge in [0.15, 0.2) is 5.54 Å². The SMILES string of the molecule is CCOC(=O)CN(CCOC)C(=O)C(C)(N)C(F)(F)F. The van der Waals surface area contributed by atoms with Gasteiger partial charge >= 0.3 is 12.1 Å². The van der Waals surface area contributed by atoms with Crippen LogP contribution < -0.4 is 5.73 Å². The minimum Gasteiger partial charge on any atom is -0.465 e. The lowest BCUT2D eigenvalue weighted by atomic mass is 10.0. The van der Waals surface area contributed by atoms with E-state index in [0.717, 1.165) is 0 Å². The first-order chi connectivity index (χ1) is 9.07. The second-order valence-corrected chi connectivity index (χ2v) is 4.22. The first-order valence-corrected chi connectivity index (χ1v) is 5.87. The Labute approximate surface area is 115 Å². The Morgan fingerprint density at radius 3 is 2.25 bits per heavy atom. The molecule has 0 aromatic heterocycles. The first kappa shape index (κ1) is 18.7. The molecule has 0 aliphatic heterocycles. The minimum absolute atomic E-state index is 0.0287. The number of alkyl halides is 3. The fourth-order valence-corrected chi connectivity index (χ4v) is 1.27. The summed E-state index contributed by atoms with van der Waals surface area (Å²) in [6.07, 6.45) is -4.93. The van der Waals surface area contributed by atoms with Crippen molar-refractivity contribution < 1.29 is 32.2 Å². The van der Waals surface area contributed by atoms with E-state index in [2.05, 4.69) is 4.74 Å². The van der Waals surface area contributed by atoms with Crippen molar-refractivity contribution in [2.24, 2.45) is 5.73 Å². The lowest BCUT2D eigenvalue weighted by molar-refractivity contribution is -0.195. The number of nitrogens with zero attached hydrogens (tertiary/aromatic N) is 1. The fourth-order valence-electron chi connectivity index (χ4n) is 1.27. The van der Waals surface area contributed by atoms with Gasteiger partial charge in [0.1, 0.15) is 6.54 Å². The molecule has 9 heteroatoms. The molecule has 6 nitrogen and oxygen atoms in total. The van der Waals surface area contributed by atoms with Crippen molar-refractivity contribution in [1.82, 2.24) is 4.90 Å². The molecule has 0 aromatic carbocycles. The van der Waals surface area contributed by atoms with Crippen LogP contribution in [-0.2, 0) is 19.1 Å². The van der Waals surface area contributed by atoms with Gasteiger partial charge in [0.05, 0.1) is 13.2 Å². The third kappa shape index (κ3) is 4.97. The zero-order valence-corrected chi connectivity index (χ0v) is 11.6. The molecule has 1 atom stereocenters. The van der Waals surface area contributed by atoms with Gasteiger partial charge in [0.2, 0.25) is 0 Å². The van der Waals surface area contributed by atoms with Crippen molar-refractivity contribution in [3.63, 3.8) is 0 Å². The summed E-state index contributed by atoms with van der Waals surface area (Å²) >= 11 is 0. The monoisotopic (exact) mass is 300 g/mol. The highest BCUT2D eigenvalue weighted by Crippen LogP contribution is 2.29. The van der Waals surface area contributed by atoms with E-state index < -0.39 is 30.1 Å². The molecule has 118 valence electrons. The number of halogens is 3. The Balaban J connectivity index is 5.02. The van der Waals surface area contributed by atoms with Crippen LogP contribution in [0.4, 0.5) is 13.2 Å². The van der Waals surface area contributed by atoms with E-state index in [4.69, 9.17) is 10.5 Å². The molecule has 0 radical (unpaired) electrons. The second-order valence-electron chi connectivity index (χ2n) is 4.22. The highest BCUT2D eigenvalue weighted by atomic mass is 19.4. The molecule has 1 amide bonds. The van der Waals surface area contributed by atoms with Gasteiger partial charge < -0.3 is 20.1 Å². The molecule has 0 saturated carbocycles. The van der Waals surface area contributed by atoms with Crippen LogP contribution in [0.5, 0.6) is 0 Å². The van der Waals surface area contributed by atoms with Crippen molar-refractivity contribution in [3.8, 4) is 0 Å². The number of carbonyl (C=O) groups is 2. The molecular formula is C11H19F3N2O4. The van der Waals surface area contributed by atoms with Gasteiger partial charge in [-0.05, 0) is 13.8 Å². The first-order valence-electron chi connectivity index (χ1n) is 5.87. The number of esters is 1. The largest absolute Gasteiger partial charge is 0.465 e. The lowest BCUT2D eigenvalue weighted by Gasteiger charge is -2.32. The van der Waals surface area contributed by atoms with E-state index in [1.807, 2.05) is 0 Å². The number of nitrogens with two attached hydrogens (primary N) is 1. The van der Waals surface area contributed by atoms with E-state index in [1.54, 1.807) is 6.92 Å². The van der Waals surface area contributed by atoms with Crippen LogP contribution >= 0.6 is 0 Å². The molecule has 0 aromatic rings. The van der Waals surface area contributed by atoms with E-state index in [0.29, 0.717) is 11.8 Å². The topological polar surface area (TPSA) is 81.9 Å². The van der Waals surface area contributed by atoms with Crippen LogP contribution in [0.1, 0.15) is 13.8 Å². The number of rotatable bonds is 7. The predicted octanol–water partition coefficient (Wildman–Crippen LogP) is 0.304. The Morgan fingerprint density at radius 2 is 1.85 bits per heavy atom. The molecule has 0 aliphatic rings. The zero-order chi connectivity index (χ0) is 16.0. The van der Waals surface area contributed by atoms with Crippen molar-refractivity contribution in [1.29, 1.82) is 0 Å².